The van der Waals surface area contributed by atoms with Crippen LogP contribution in [0.4, 0.5) is 5.82 Å². The second kappa shape index (κ2) is 7.74. The van der Waals surface area contributed by atoms with Crippen molar-refractivity contribution >= 4 is 16.9 Å². The van der Waals surface area contributed by atoms with Crippen LogP contribution in [-0.2, 0) is 0 Å². The predicted octanol–water partition coefficient (Wildman–Crippen LogP) is 4.04. The third-order valence-corrected chi connectivity index (χ3v) is 6.25. The minimum absolute atomic E-state index is 0.0835. The summed E-state index contributed by atoms with van der Waals surface area (Å²) in [6.45, 7) is 4.12. The fraction of sp³-hybridized carbons (Fsp3) is 0.333. The molecule has 31 heavy (non-hydrogen) atoms. The van der Waals surface area contributed by atoms with Crippen molar-refractivity contribution in [2.24, 2.45) is 0 Å². The highest BCUT2D eigenvalue weighted by molar-refractivity contribution is 5.80. The van der Waals surface area contributed by atoms with E-state index in [-0.39, 0.29) is 11.7 Å². The van der Waals surface area contributed by atoms with Gasteiger partial charge in [0.1, 0.15) is 5.82 Å². The third-order valence-electron chi connectivity index (χ3n) is 6.25. The average Bonchev–Trinajstić information content (AvgIpc) is 3.33. The van der Waals surface area contributed by atoms with Gasteiger partial charge in [0.2, 0.25) is 0 Å². The Morgan fingerprint density at radius 3 is 2.77 bits per heavy atom. The summed E-state index contributed by atoms with van der Waals surface area (Å²) in [4.78, 5) is 23.6. The van der Waals surface area contributed by atoms with Gasteiger partial charge in [-0.2, -0.15) is 0 Å². The van der Waals surface area contributed by atoms with Crippen molar-refractivity contribution in [2.45, 2.75) is 51.7 Å². The molecular weight excluding hydrogens is 390 g/mol. The number of hydrogen-bond donors (Lipinski definition) is 4. The van der Waals surface area contributed by atoms with Crippen molar-refractivity contribution in [1.29, 1.82) is 0 Å². The van der Waals surface area contributed by atoms with E-state index in [0.717, 1.165) is 59.2 Å². The molecular formula is C24H27N5O2. The zero-order chi connectivity index (χ0) is 21.5. The molecule has 0 spiro atoms. The number of imidazole rings is 2. The van der Waals surface area contributed by atoms with Crippen LogP contribution >= 0.6 is 0 Å². The molecule has 1 fully saturated rings. The minimum atomic E-state index is -0.422. The molecule has 0 amide bonds. The number of aliphatic hydroxyl groups is 1. The number of hydrogen-bond acceptors (Lipinski definition) is 4. The second-order valence-electron chi connectivity index (χ2n) is 8.51. The Morgan fingerprint density at radius 2 is 1.97 bits per heavy atom. The Kier molecular flexibility index (Phi) is 4.90. The van der Waals surface area contributed by atoms with Gasteiger partial charge in [-0.05, 0) is 50.5 Å². The quantitative estimate of drug-likeness (QED) is 0.403. The number of benzene rings is 2. The summed E-state index contributed by atoms with van der Waals surface area (Å²) in [5.74, 6) is 0.646. The molecule has 2 unspecified atom stereocenters. The highest BCUT2D eigenvalue weighted by Crippen LogP contribution is 2.33. The van der Waals surface area contributed by atoms with Gasteiger partial charge < -0.3 is 15.4 Å². The smallest absolute Gasteiger partial charge is 0.332 e. The number of nitrogens with one attached hydrogen (secondary N) is 3. The third kappa shape index (κ3) is 3.55. The number of nitrogens with zero attached hydrogens (tertiary/aromatic N) is 2. The lowest BCUT2D eigenvalue weighted by atomic mass is 9.92. The van der Waals surface area contributed by atoms with Gasteiger partial charge in [-0.25, -0.2) is 9.78 Å². The van der Waals surface area contributed by atoms with Gasteiger partial charge >= 0.3 is 5.69 Å². The van der Waals surface area contributed by atoms with E-state index >= 15 is 0 Å². The SMILES string of the molecule is Cc1ccc(-c2c(NC3CCCCC3O)[nH]c(=O)n2-c2ccc3nc[nH]c3c2)c(C)c1. The van der Waals surface area contributed by atoms with Crippen LogP contribution in [0.15, 0.2) is 47.5 Å². The number of aryl methyl sites for hydroxylation is 2. The molecule has 1 aliphatic rings. The van der Waals surface area contributed by atoms with Gasteiger partial charge in [0.25, 0.3) is 0 Å². The van der Waals surface area contributed by atoms with Crippen LogP contribution in [0.5, 0.6) is 0 Å². The lowest BCUT2D eigenvalue weighted by molar-refractivity contribution is 0.116. The van der Waals surface area contributed by atoms with Crippen LogP contribution in [0, 0.1) is 13.8 Å². The Bertz CT molecular complexity index is 1300. The molecule has 7 heteroatoms. The number of anilines is 1. The Morgan fingerprint density at radius 1 is 1.13 bits per heavy atom. The number of H-pyrrole nitrogens is 2. The molecule has 4 N–H and O–H groups in total. The molecule has 2 aromatic heterocycles. The Balaban J connectivity index is 1.69. The Labute approximate surface area is 180 Å². The molecule has 0 radical (unpaired) electrons. The highest BCUT2D eigenvalue weighted by atomic mass is 16.3. The molecule has 1 saturated carbocycles. The summed E-state index contributed by atoms with van der Waals surface area (Å²) in [5, 5.41) is 14.0. The average molecular weight is 418 g/mol. The van der Waals surface area contributed by atoms with Gasteiger partial charge in [0.15, 0.2) is 0 Å². The van der Waals surface area contributed by atoms with Gasteiger partial charge in [0, 0.05) is 5.56 Å². The largest absolute Gasteiger partial charge is 0.391 e. The molecule has 1 aliphatic carbocycles. The molecule has 2 heterocycles. The number of aliphatic hydroxyl groups excluding tert-OH is 1. The summed E-state index contributed by atoms with van der Waals surface area (Å²) in [6, 6.07) is 11.9. The molecule has 7 nitrogen and oxygen atoms in total. The fourth-order valence-corrected chi connectivity index (χ4v) is 4.65. The minimum Gasteiger partial charge on any atom is -0.391 e. The van der Waals surface area contributed by atoms with E-state index in [1.807, 2.05) is 18.2 Å². The zero-order valence-corrected chi connectivity index (χ0v) is 17.8. The van der Waals surface area contributed by atoms with Gasteiger partial charge in [-0.15, -0.1) is 0 Å². The van der Waals surface area contributed by atoms with E-state index < -0.39 is 6.10 Å². The first-order valence-corrected chi connectivity index (χ1v) is 10.8. The van der Waals surface area contributed by atoms with Crippen LogP contribution in [-0.4, -0.2) is 36.8 Å². The first-order valence-electron chi connectivity index (χ1n) is 10.8. The summed E-state index contributed by atoms with van der Waals surface area (Å²) < 4.78 is 1.70. The first-order chi connectivity index (χ1) is 15.0. The maximum Gasteiger partial charge on any atom is 0.332 e. The van der Waals surface area contributed by atoms with Crippen molar-refractivity contribution in [3.05, 3.63) is 64.3 Å². The van der Waals surface area contributed by atoms with E-state index in [1.165, 1.54) is 5.56 Å². The lowest BCUT2D eigenvalue weighted by Crippen LogP contribution is -2.36. The summed E-state index contributed by atoms with van der Waals surface area (Å²) in [7, 11) is 0. The predicted molar refractivity (Wildman–Crippen MR) is 123 cm³/mol. The van der Waals surface area contributed by atoms with E-state index in [4.69, 9.17) is 0 Å². The van der Waals surface area contributed by atoms with Crippen molar-refractivity contribution in [1.82, 2.24) is 19.5 Å². The van der Waals surface area contributed by atoms with E-state index in [2.05, 4.69) is 52.3 Å². The van der Waals surface area contributed by atoms with Crippen LogP contribution in [0.2, 0.25) is 0 Å². The molecule has 2 atom stereocenters. The summed E-state index contributed by atoms with van der Waals surface area (Å²) >= 11 is 0. The van der Waals surface area contributed by atoms with Crippen molar-refractivity contribution in [3.63, 3.8) is 0 Å². The van der Waals surface area contributed by atoms with Crippen LogP contribution in [0.25, 0.3) is 28.0 Å². The van der Waals surface area contributed by atoms with E-state index in [9.17, 15) is 9.90 Å². The number of aromatic nitrogens is 4. The monoisotopic (exact) mass is 417 g/mol. The zero-order valence-electron chi connectivity index (χ0n) is 17.8. The standard InChI is InChI=1S/C24H27N5O2/c1-14-7-9-17(15(2)11-14)22-23(27-19-5-3-4-6-21(19)30)28-24(31)29(22)16-8-10-18-20(12-16)26-13-25-18/h7-13,19,21,27,30H,3-6H2,1-2H3,(H,25,26)(H,28,31). The number of aromatic amines is 2. The van der Waals surface area contributed by atoms with Gasteiger partial charge in [-0.3, -0.25) is 9.55 Å². The van der Waals surface area contributed by atoms with E-state index in [1.54, 1.807) is 10.9 Å². The molecule has 0 saturated heterocycles. The Hall–Kier alpha value is -3.32. The maximum atomic E-state index is 13.2. The normalized spacial score (nSPS) is 19.1. The van der Waals surface area contributed by atoms with Gasteiger partial charge in [-0.1, -0.05) is 36.6 Å². The fourth-order valence-electron chi connectivity index (χ4n) is 4.65. The first kappa shape index (κ1) is 19.6. The summed E-state index contributed by atoms with van der Waals surface area (Å²) in [6.07, 6.45) is 4.98. The number of fused-ring (bicyclic) bond motifs is 1. The molecule has 0 bridgehead atoms. The molecule has 2 aromatic carbocycles. The molecule has 0 aliphatic heterocycles. The van der Waals surface area contributed by atoms with E-state index in [0.29, 0.717) is 5.82 Å². The number of rotatable bonds is 4. The van der Waals surface area contributed by atoms with Crippen molar-refractivity contribution in [3.8, 4) is 16.9 Å². The van der Waals surface area contributed by atoms with Crippen LogP contribution in [0.1, 0.15) is 36.8 Å². The molecule has 4 aromatic rings. The molecule has 160 valence electrons. The van der Waals surface area contributed by atoms with Gasteiger partial charge in [0.05, 0.1) is 40.9 Å². The topological polar surface area (TPSA) is 98.7 Å². The highest BCUT2D eigenvalue weighted by Gasteiger charge is 2.26. The summed E-state index contributed by atoms with van der Waals surface area (Å²) in [5.41, 5.74) is 6.26. The maximum absolute atomic E-state index is 13.2. The second-order valence-corrected chi connectivity index (χ2v) is 8.51. The van der Waals surface area contributed by atoms with Crippen LogP contribution in [0.3, 0.4) is 0 Å². The van der Waals surface area contributed by atoms with Crippen molar-refractivity contribution in [2.75, 3.05) is 5.32 Å². The molecule has 5 rings (SSSR count). The van der Waals surface area contributed by atoms with Crippen molar-refractivity contribution < 1.29 is 5.11 Å². The van der Waals surface area contributed by atoms with Crippen LogP contribution < -0.4 is 11.0 Å². The lowest BCUT2D eigenvalue weighted by Gasteiger charge is -2.29.